The van der Waals surface area contributed by atoms with Crippen LogP contribution in [0.2, 0.25) is 0 Å². The van der Waals surface area contributed by atoms with Gasteiger partial charge in [0.1, 0.15) is 6.26 Å². The standard InChI is InChI=1S/C6H7N5O2/c7-11-9-3-2-8-6(12)5-1-4-13-10-5/h1,4H,2-3H2,(H,8,12). The van der Waals surface area contributed by atoms with E-state index in [0.717, 1.165) is 0 Å². The minimum absolute atomic E-state index is 0.209. The number of nitrogens with zero attached hydrogens (tertiary/aromatic N) is 4. The Balaban J connectivity index is 2.30. The first-order chi connectivity index (χ1) is 6.34. The summed E-state index contributed by atoms with van der Waals surface area (Å²) in [6.45, 7) is 0.510. The third kappa shape index (κ3) is 2.84. The Morgan fingerprint density at radius 1 is 1.85 bits per heavy atom. The summed E-state index contributed by atoms with van der Waals surface area (Å²) in [5, 5.41) is 9.17. The van der Waals surface area contributed by atoms with Gasteiger partial charge in [-0.05, 0) is 5.53 Å². The highest BCUT2D eigenvalue weighted by atomic mass is 16.5. The van der Waals surface area contributed by atoms with E-state index in [0.29, 0.717) is 0 Å². The average molecular weight is 181 g/mol. The summed E-state index contributed by atoms with van der Waals surface area (Å²) in [7, 11) is 0. The van der Waals surface area contributed by atoms with E-state index in [1.807, 2.05) is 0 Å². The van der Waals surface area contributed by atoms with Crippen LogP contribution in [0.25, 0.3) is 10.4 Å². The molecule has 0 unspecified atom stereocenters. The molecule has 0 aliphatic carbocycles. The van der Waals surface area contributed by atoms with E-state index in [1.54, 1.807) is 0 Å². The summed E-state index contributed by atoms with van der Waals surface area (Å²) in [6, 6.07) is 1.45. The van der Waals surface area contributed by atoms with Crippen LogP contribution < -0.4 is 5.32 Å². The number of amides is 1. The molecule has 0 aliphatic heterocycles. The van der Waals surface area contributed by atoms with Gasteiger partial charge in [-0.15, -0.1) is 0 Å². The summed E-state index contributed by atoms with van der Waals surface area (Å²) >= 11 is 0. The van der Waals surface area contributed by atoms with E-state index in [9.17, 15) is 4.79 Å². The van der Waals surface area contributed by atoms with Crippen LogP contribution in [-0.2, 0) is 0 Å². The van der Waals surface area contributed by atoms with Crippen molar-refractivity contribution < 1.29 is 9.32 Å². The SMILES string of the molecule is [N-]=[N+]=NCCNC(=O)c1ccon1. The Kier molecular flexibility index (Phi) is 3.34. The van der Waals surface area contributed by atoms with Gasteiger partial charge >= 0.3 is 0 Å². The van der Waals surface area contributed by atoms with Crippen molar-refractivity contribution in [2.24, 2.45) is 5.11 Å². The zero-order valence-corrected chi connectivity index (χ0v) is 6.67. The maximum Gasteiger partial charge on any atom is 0.273 e. The molecular formula is C6H7N5O2. The molecule has 0 fully saturated rings. The van der Waals surface area contributed by atoms with Crippen molar-refractivity contribution in [3.8, 4) is 0 Å². The topological polar surface area (TPSA) is 104 Å². The molecule has 0 bridgehead atoms. The lowest BCUT2D eigenvalue weighted by molar-refractivity contribution is 0.0946. The molecule has 1 heterocycles. The molecule has 0 saturated carbocycles. The summed E-state index contributed by atoms with van der Waals surface area (Å²) in [6.07, 6.45) is 1.31. The molecule has 0 radical (unpaired) electrons. The van der Waals surface area contributed by atoms with Crippen molar-refractivity contribution in [2.75, 3.05) is 13.1 Å². The lowest BCUT2D eigenvalue weighted by atomic mass is 10.4. The number of azide groups is 1. The molecule has 13 heavy (non-hydrogen) atoms. The summed E-state index contributed by atoms with van der Waals surface area (Å²) in [5.74, 6) is -0.345. The number of carbonyl (C=O) groups is 1. The first-order valence-electron chi connectivity index (χ1n) is 3.54. The molecule has 1 amide bonds. The second kappa shape index (κ2) is 4.78. The second-order valence-corrected chi connectivity index (χ2v) is 2.10. The predicted molar refractivity (Wildman–Crippen MR) is 42.8 cm³/mol. The van der Waals surface area contributed by atoms with Crippen molar-refractivity contribution in [3.05, 3.63) is 28.5 Å². The van der Waals surface area contributed by atoms with Gasteiger partial charge in [0.05, 0.1) is 0 Å². The van der Waals surface area contributed by atoms with Gasteiger partial charge in [0.15, 0.2) is 5.69 Å². The highest BCUT2D eigenvalue weighted by Gasteiger charge is 2.06. The summed E-state index contributed by atoms with van der Waals surface area (Å²) < 4.78 is 4.47. The maximum atomic E-state index is 11.1. The lowest BCUT2D eigenvalue weighted by Crippen LogP contribution is -2.26. The lowest BCUT2D eigenvalue weighted by Gasteiger charge is -1.97. The maximum absolute atomic E-state index is 11.1. The van der Waals surface area contributed by atoms with Gasteiger partial charge in [-0.3, -0.25) is 4.79 Å². The fourth-order valence-electron chi connectivity index (χ4n) is 0.684. The molecule has 0 saturated heterocycles. The first-order valence-corrected chi connectivity index (χ1v) is 3.54. The van der Waals surface area contributed by atoms with E-state index in [-0.39, 0.29) is 24.7 Å². The van der Waals surface area contributed by atoms with Crippen LogP contribution in [0.3, 0.4) is 0 Å². The number of rotatable bonds is 4. The van der Waals surface area contributed by atoms with Crippen LogP contribution in [0.1, 0.15) is 10.5 Å². The predicted octanol–water partition coefficient (Wildman–Crippen LogP) is 0.715. The van der Waals surface area contributed by atoms with Crippen LogP contribution in [0.15, 0.2) is 22.0 Å². The van der Waals surface area contributed by atoms with Crippen LogP contribution >= 0.6 is 0 Å². The molecule has 7 nitrogen and oxygen atoms in total. The highest BCUT2D eigenvalue weighted by Crippen LogP contribution is 1.92. The third-order valence-corrected chi connectivity index (χ3v) is 1.23. The first kappa shape index (κ1) is 9.08. The Bertz CT molecular complexity index is 314. The van der Waals surface area contributed by atoms with Gasteiger partial charge in [-0.2, -0.15) is 0 Å². The van der Waals surface area contributed by atoms with Crippen molar-refractivity contribution >= 4 is 5.91 Å². The van der Waals surface area contributed by atoms with E-state index in [1.165, 1.54) is 12.3 Å². The van der Waals surface area contributed by atoms with Crippen LogP contribution in [0.5, 0.6) is 0 Å². The molecule has 1 rings (SSSR count). The van der Waals surface area contributed by atoms with E-state index >= 15 is 0 Å². The number of hydrogen-bond donors (Lipinski definition) is 1. The fourth-order valence-corrected chi connectivity index (χ4v) is 0.684. The Morgan fingerprint density at radius 3 is 3.31 bits per heavy atom. The van der Waals surface area contributed by atoms with Crippen molar-refractivity contribution in [1.82, 2.24) is 10.5 Å². The highest BCUT2D eigenvalue weighted by molar-refractivity contribution is 5.91. The quantitative estimate of drug-likeness (QED) is 0.320. The monoisotopic (exact) mass is 181 g/mol. The Labute approximate surface area is 73.3 Å². The van der Waals surface area contributed by atoms with Crippen LogP contribution in [-0.4, -0.2) is 24.2 Å². The molecular weight excluding hydrogens is 174 g/mol. The minimum Gasteiger partial charge on any atom is -0.364 e. The van der Waals surface area contributed by atoms with Crippen molar-refractivity contribution in [1.29, 1.82) is 0 Å². The smallest absolute Gasteiger partial charge is 0.273 e. The molecule has 0 atom stereocenters. The molecule has 1 aromatic rings. The van der Waals surface area contributed by atoms with Gasteiger partial charge in [-0.1, -0.05) is 10.3 Å². The molecule has 7 heteroatoms. The zero-order valence-electron chi connectivity index (χ0n) is 6.67. The van der Waals surface area contributed by atoms with E-state index < -0.39 is 0 Å². The van der Waals surface area contributed by atoms with Crippen molar-refractivity contribution in [3.63, 3.8) is 0 Å². The number of carbonyl (C=O) groups excluding carboxylic acids is 1. The van der Waals surface area contributed by atoms with Gasteiger partial charge in [0, 0.05) is 24.1 Å². The molecule has 0 spiro atoms. The Morgan fingerprint density at radius 2 is 2.69 bits per heavy atom. The molecule has 1 aromatic heterocycles. The summed E-state index contributed by atoms with van der Waals surface area (Å²) in [5.41, 5.74) is 8.14. The number of nitrogens with one attached hydrogen (secondary N) is 1. The molecule has 0 aromatic carbocycles. The van der Waals surface area contributed by atoms with E-state index in [4.69, 9.17) is 5.53 Å². The minimum atomic E-state index is -0.345. The largest absolute Gasteiger partial charge is 0.364 e. The number of hydrogen-bond acceptors (Lipinski definition) is 4. The van der Waals surface area contributed by atoms with Gasteiger partial charge < -0.3 is 9.84 Å². The molecule has 1 N–H and O–H groups in total. The van der Waals surface area contributed by atoms with Gasteiger partial charge in [0.2, 0.25) is 0 Å². The number of aromatic nitrogens is 1. The second-order valence-electron chi connectivity index (χ2n) is 2.10. The normalized spacial score (nSPS) is 8.92. The Hall–Kier alpha value is -2.01. The fraction of sp³-hybridized carbons (Fsp3) is 0.333. The average Bonchev–Trinajstić information content (AvgIpc) is 2.65. The molecule has 68 valence electrons. The van der Waals surface area contributed by atoms with E-state index in [2.05, 4.69) is 25.0 Å². The summed E-state index contributed by atoms with van der Waals surface area (Å²) in [4.78, 5) is 13.6. The van der Waals surface area contributed by atoms with Crippen molar-refractivity contribution in [2.45, 2.75) is 0 Å². The zero-order chi connectivity index (χ0) is 9.52. The third-order valence-electron chi connectivity index (χ3n) is 1.23. The van der Waals surface area contributed by atoms with Gasteiger partial charge in [0.25, 0.3) is 5.91 Å². The molecule has 0 aliphatic rings. The van der Waals surface area contributed by atoms with Gasteiger partial charge in [-0.25, -0.2) is 0 Å². The van der Waals surface area contributed by atoms with Crippen LogP contribution in [0, 0.1) is 0 Å². The van der Waals surface area contributed by atoms with Crippen LogP contribution in [0.4, 0.5) is 0 Å².